The van der Waals surface area contributed by atoms with Crippen LogP contribution in [0.25, 0.3) is 11.1 Å². The van der Waals surface area contributed by atoms with Crippen LogP contribution in [0.5, 0.6) is 0 Å². The maximum absolute atomic E-state index is 13.3. The van der Waals surface area contributed by atoms with Gasteiger partial charge in [0.1, 0.15) is 0 Å². The average Bonchev–Trinajstić information content (AvgIpc) is 2.88. The number of carbonyl (C=O) groups excluding carboxylic acids is 2. The minimum atomic E-state index is -1.19. The Bertz CT molecular complexity index is 1240. The number of hydrogen-bond acceptors (Lipinski definition) is 3. The largest absolute Gasteiger partial charge is 1.00 e. The molecule has 0 spiro atoms. The smallest absolute Gasteiger partial charge is 0.545 e. The zero-order valence-corrected chi connectivity index (χ0v) is 21.9. The first-order chi connectivity index (χ1) is 16.6. The Morgan fingerprint density at radius 3 is 1.89 bits per heavy atom. The molecule has 170 valence electrons. The Hall–Kier alpha value is -3.18. The van der Waals surface area contributed by atoms with Crippen LogP contribution in [0.15, 0.2) is 109 Å². The summed E-state index contributed by atoms with van der Waals surface area (Å²) in [5.41, 5.74) is 5.26. The minimum absolute atomic E-state index is 0. The van der Waals surface area contributed by atoms with Gasteiger partial charge in [0, 0.05) is 13.1 Å². The van der Waals surface area contributed by atoms with Gasteiger partial charge in [0.2, 0.25) is 5.91 Å². The van der Waals surface area contributed by atoms with Gasteiger partial charge in [0.05, 0.1) is 12.4 Å². The minimum Gasteiger partial charge on any atom is -0.545 e. The van der Waals surface area contributed by atoms with Crippen molar-refractivity contribution in [1.82, 2.24) is 4.90 Å². The third-order valence-corrected chi connectivity index (χ3v) is 5.82. The van der Waals surface area contributed by atoms with Crippen LogP contribution < -0.4 is 34.7 Å². The maximum Gasteiger partial charge on any atom is 1.00 e. The number of hydrogen-bond donors (Lipinski definition) is 0. The molecule has 0 radical (unpaired) electrons. The Morgan fingerprint density at radius 1 is 0.657 bits per heavy atom. The molecule has 1 amide bonds. The number of carboxylic acids is 1. The molecule has 0 aliphatic carbocycles. The van der Waals surface area contributed by atoms with E-state index in [-0.39, 0.29) is 41.0 Å². The maximum atomic E-state index is 13.3. The van der Waals surface area contributed by atoms with Crippen molar-refractivity contribution >= 4 is 11.9 Å². The van der Waals surface area contributed by atoms with E-state index in [1.807, 2.05) is 71.6 Å². The van der Waals surface area contributed by atoms with Crippen molar-refractivity contribution in [2.24, 2.45) is 0 Å². The first-order valence-electron chi connectivity index (χ1n) is 11.3. The summed E-state index contributed by atoms with van der Waals surface area (Å²) in [6, 6.07) is 34.7. The van der Waals surface area contributed by atoms with Gasteiger partial charge < -0.3 is 14.8 Å². The topological polar surface area (TPSA) is 60.4 Å². The number of carboxylic acid groups (broad SMARTS) is 1. The molecule has 4 rings (SSSR count). The van der Waals surface area contributed by atoms with Gasteiger partial charge in [-0.1, -0.05) is 103 Å². The predicted octanol–water partition coefficient (Wildman–Crippen LogP) is 1.54. The molecule has 0 bridgehead atoms. The molecule has 0 fully saturated rings. The fourth-order valence-corrected chi connectivity index (χ4v) is 3.95. The van der Waals surface area contributed by atoms with Gasteiger partial charge in [-0.05, 0) is 45.9 Å². The third-order valence-electron chi connectivity index (χ3n) is 5.82. The number of benzene rings is 4. The van der Waals surface area contributed by atoms with Crippen molar-refractivity contribution < 1.29 is 44.3 Å². The molecule has 4 aromatic carbocycles. The normalized spacial score (nSPS) is 10.3. The molecule has 0 aliphatic heterocycles. The van der Waals surface area contributed by atoms with Crippen LogP contribution in [-0.4, -0.2) is 23.3 Å². The second kappa shape index (κ2) is 13.1. The van der Waals surface area contributed by atoms with Crippen LogP contribution in [0.3, 0.4) is 0 Å². The standard InChI is InChI=1S/C30H27NO3.Na/c32-29(21-24-10-5-2-6-11-24)31(19-18-23-8-3-1-4-9-23)22-25-12-7-13-28(20-25)26-14-16-27(17-15-26)30(33)34;/h1-17,20H,18-19,21-22H2,(H,33,34);/q;+1/p-1. The molecule has 35 heavy (non-hydrogen) atoms. The van der Waals surface area contributed by atoms with Crippen molar-refractivity contribution in [1.29, 1.82) is 0 Å². The first-order valence-corrected chi connectivity index (χ1v) is 11.3. The van der Waals surface area contributed by atoms with Crippen molar-refractivity contribution in [3.8, 4) is 11.1 Å². The Balaban J connectivity index is 0.00000342. The average molecular weight is 472 g/mol. The van der Waals surface area contributed by atoms with Gasteiger partial charge in [0.15, 0.2) is 0 Å². The van der Waals surface area contributed by atoms with E-state index in [4.69, 9.17) is 0 Å². The Kier molecular flexibility index (Phi) is 9.86. The summed E-state index contributed by atoms with van der Waals surface area (Å²) in [5.74, 6) is -1.10. The molecule has 0 aliphatic rings. The number of rotatable bonds is 9. The van der Waals surface area contributed by atoms with E-state index in [1.54, 1.807) is 24.3 Å². The molecule has 0 saturated carbocycles. The molecular weight excluding hydrogens is 445 g/mol. The number of amides is 1. The van der Waals surface area contributed by atoms with Gasteiger partial charge in [-0.25, -0.2) is 0 Å². The zero-order valence-electron chi connectivity index (χ0n) is 19.9. The van der Waals surface area contributed by atoms with Crippen LogP contribution >= 0.6 is 0 Å². The molecule has 5 heteroatoms. The SMILES string of the molecule is O=C([O-])c1ccc(-c2cccc(CN(CCc3ccccc3)C(=O)Cc3ccccc3)c2)cc1.[Na+]. The molecule has 0 unspecified atom stereocenters. The molecule has 0 N–H and O–H groups in total. The quantitative estimate of drug-likeness (QED) is 0.348. The van der Waals surface area contributed by atoms with Crippen LogP contribution in [0.4, 0.5) is 0 Å². The molecule has 0 saturated heterocycles. The summed E-state index contributed by atoms with van der Waals surface area (Å²) < 4.78 is 0. The van der Waals surface area contributed by atoms with E-state index >= 15 is 0 Å². The summed E-state index contributed by atoms with van der Waals surface area (Å²) in [7, 11) is 0. The summed E-state index contributed by atoms with van der Waals surface area (Å²) in [4.78, 5) is 26.2. The van der Waals surface area contributed by atoms with Crippen LogP contribution in [0.1, 0.15) is 27.0 Å². The first kappa shape index (κ1) is 26.4. The molecule has 4 aromatic rings. The van der Waals surface area contributed by atoms with Gasteiger partial charge in [-0.15, -0.1) is 0 Å². The van der Waals surface area contributed by atoms with Gasteiger partial charge in [-0.2, -0.15) is 0 Å². The molecular formula is C30H26NNaO3. The van der Waals surface area contributed by atoms with Crippen molar-refractivity contribution in [2.45, 2.75) is 19.4 Å². The van der Waals surface area contributed by atoms with E-state index in [1.165, 1.54) is 5.56 Å². The van der Waals surface area contributed by atoms with Crippen LogP contribution in [-0.2, 0) is 24.2 Å². The Labute approximate surface area is 228 Å². The monoisotopic (exact) mass is 471 g/mol. The molecule has 0 heterocycles. The van der Waals surface area contributed by atoms with Crippen LogP contribution in [0, 0.1) is 0 Å². The van der Waals surface area contributed by atoms with E-state index in [0.717, 1.165) is 28.7 Å². The van der Waals surface area contributed by atoms with Gasteiger partial charge >= 0.3 is 29.6 Å². The van der Waals surface area contributed by atoms with Gasteiger partial charge in [0.25, 0.3) is 0 Å². The summed E-state index contributed by atoms with van der Waals surface area (Å²) in [6.45, 7) is 1.13. The molecule has 4 nitrogen and oxygen atoms in total. The van der Waals surface area contributed by atoms with Crippen molar-refractivity contribution in [3.05, 3.63) is 131 Å². The van der Waals surface area contributed by atoms with E-state index in [2.05, 4.69) is 18.2 Å². The van der Waals surface area contributed by atoms with Gasteiger partial charge in [-0.3, -0.25) is 4.79 Å². The summed E-state index contributed by atoms with van der Waals surface area (Å²) in [6.07, 6.45) is 1.14. The summed E-state index contributed by atoms with van der Waals surface area (Å²) in [5, 5.41) is 11.0. The van der Waals surface area contributed by atoms with E-state index in [0.29, 0.717) is 19.5 Å². The molecule has 0 atom stereocenters. The third kappa shape index (κ3) is 7.66. The zero-order chi connectivity index (χ0) is 23.8. The predicted molar refractivity (Wildman–Crippen MR) is 132 cm³/mol. The number of carbonyl (C=O) groups is 2. The number of aromatic carboxylic acids is 1. The second-order valence-corrected chi connectivity index (χ2v) is 8.28. The summed E-state index contributed by atoms with van der Waals surface area (Å²) >= 11 is 0. The Morgan fingerprint density at radius 2 is 1.26 bits per heavy atom. The van der Waals surface area contributed by atoms with E-state index < -0.39 is 5.97 Å². The molecule has 0 aromatic heterocycles. The van der Waals surface area contributed by atoms with Crippen molar-refractivity contribution in [3.63, 3.8) is 0 Å². The second-order valence-electron chi connectivity index (χ2n) is 8.28. The number of nitrogens with zero attached hydrogens (tertiary/aromatic N) is 1. The fraction of sp³-hybridized carbons (Fsp3) is 0.133. The fourth-order valence-electron chi connectivity index (χ4n) is 3.95. The van der Waals surface area contributed by atoms with Crippen LogP contribution in [0.2, 0.25) is 0 Å². The van der Waals surface area contributed by atoms with E-state index in [9.17, 15) is 14.7 Å². The van der Waals surface area contributed by atoms with Crippen molar-refractivity contribution in [2.75, 3.05) is 6.54 Å².